The van der Waals surface area contributed by atoms with Gasteiger partial charge in [-0.15, -0.1) is 11.3 Å². The van der Waals surface area contributed by atoms with Crippen molar-refractivity contribution in [1.82, 2.24) is 15.5 Å². The lowest BCUT2D eigenvalue weighted by molar-refractivity contribution is -0.138. The van der Waals surface area contributed by atoms with Crippen LogP contribution in [0, 0.1) is 5.41 Å². The second-order valence-corrected chi connectivity index (χ2v) is 9.09. The number of nitrogens with one attached hydrogen (secondary N) is 2. The van der Waals surface area contributed by atoms with E-state index in [1.807, 2.05) is 62.9 Å². The molecule has 1 aromatic heterocycles. The maximum absolute atomic E-state index is 13.2. The van der Waals surface area contributed by atoms with Gasteiger partial charge in [-0.2, -0.15) is 0 Å². The Kier molecular flexibility index (Phi) is 5.34. The fraction of sp³-hybridized carbons (Fsp3) is 0.500. The second-order valence-electron chi connectivity index (χ2n) is 8.01. The van der Waals surface area contributed by atoms with Crippen molar-refractivity contribution in [2.45, 2.75) is 39.8 Å². The molecule has 1 saturated heterocycles. The molecule has 0 spiro atoms. The number of benzene rings is 1. The summed E-state index contributed by atoms with van der Waals surface area (Å²) >= 11 is 1.46. The van der Waals surface area contributed by atoms with Crippen LogP contribution in [0.25, 0.3) is 10.1 Å². The Morgan fingerprint density at radius 1 is 1.31 bits per heavy atom. The lowest BCUT2D eigenvalue weighted by atomic mass is 9.85. The average Bonchev–Trinajstić information content (AvgIpc) is 3.02. The zero-order valence-corrected chi connectivity index (χ0v) is 16.7. The first-order valence-corrected chi connectivity index (χ1v) is 9.89. The number of hydrogen-bond acceptors (Lipinski definition) is 4. The van der Waals surface area contributed by atoms with E-state index in [-0.39, 0.29) is 23.3 Å². The van der Waals surface area contributed by atoms with Crippen LogP contribution in [0.4, 0.5) is 0 Å². The summed E-state index contributed by atoms with van der Waals surface area (Å²) in [4.78, 5) is 28.6. The van der Waals surface area contributed by atoms with E-state index in [1.54, 1.807) is 0 Å². The molecule has 5 nitrogen and oxygen atoms in total. The van der Waals surface area contributed by atoms with Crippen LogP contribution in [0.5, 0.6) is 0 Å². The molecule has 0 saturated carbocycles. The highest BCUT2D eigenvalue weighted by molar-refractivity contribution is 7.20. The summed E-state index contributed by atoms with van der Waals surface area (Å²) in [6, 6.07) is 9.40. The zero-order chi connectivity index (χ0) is 18.9. The van der Waals surface area contributed by atoms with Crippen LogP contribution in [0.2, 0.25) is 0 Å². The molecular weight excluding hydrogens is 346 g/mol. The summed E-state index contributed by atoms with van der Waals surface area (Å²) < 4.78 is 1.08. The molecule has 0 aliphatic carbocycles. The smallest absolute Gasteiger partial charge is 0.262 e. The van der Waals surface area contributed by atoms with Crippen LogP contribution in [-0.2, 0) is 4.79 Å². The summed E-state index contributed by atoms with van der Waals surface area (Å²) in [5.41, 5.74) is -0.367. The monoisotopic (exact) mass is 373 g/mol. The van der Waals surface area contributed by atoms with Crippen LogP contribution >= 0.6 is 11.3 Å². The van der Waals surface area contributed by atoms with Crippen LogP contribution < -0.4 is 10.6 Å². The lowest BCUT2D eigenvalue weighted by Crippen LogP contribution is -2.60. The fourth-order valence-corrected chi connectivity index (χ4v) is 4.24. The first-order chi connectivity index (χ1) is 12.3. The highest BCUT2D eigenvalue weighted by Crippen LogP contribution is 2.27. The van der Waals surface area contributed by atoms with Crippen molar-refractivity contribution in [2.75, 3.05) is 19.6 Å². The number of nitrogens with zero attached hydrogens (tertiary/aromatic N) is 1. The van der Waals surface area contributed by atoms with Gasteiger partial charge in [-0.25, -0.2) is 0 Å². The third-order valence-corrected chi connectivity index (χ3v) is 5.94. The molecule has 1 aromatic carbocycles. The Hall–Kier alpha value is -1.92. The van der Waals surface area contributed by atoms with Crippen molar-refractivity contribution in [1.29, 1.82) is 0 Å². The highest BCUT2D eigenvalue weighted by Gasteiger charge is 2.38. The molecule has 0 radical (unpaired) electrons. The summed E-state index contributed by atoms with van der Waals surface area (Å²) in [6.45, 7) is 10.3. The Morgan fingerprint density at radius 2 is 2.04 bits per heavy atom. The van der Waals surface area contributed by atoms with Crippen LogP contribution in [0.15, 0.2) is 30.3 Å². The van der Waals surface area contributed by atoms with Gasteiger partial charge in [0, 0.05) is 30.4 Å². The molecule has 0 bridgehead atoms. The average molecular weight is 374 g/mol. The first-order valence-electron chi connectivity index (χ1n) is 9.08. The van der Waals surface area contributed by atoms with Gasteiger partial charge in [0.15, 0.2) is 0 Å². The molecule has 2 aromatic rings. The Bertz CT molecular complexity index is 776. The van der Waals surface area contributed by atoms with Crippen molar-refractivity contribution in [3.05, 3.63) is 35.2 Å². The quantitative estimate of drug-likeness (QED) is 0.870. The fourth-order valence-electron chi connectivity index (χ4n) is 3.28. The molecule has 1 aliphatic rings. The van der Waals surface area contributed by atoms with Crippen LogP contribution in [0.1, 0.15) is 37.4 Å². The molecule has 2 heterocycles. The SMILES string of the molecule is CC1CNCCN1C(=O)C(NC(=O)c1cc2ccccc2s1)C(C)(C)C. The van der Waals surface area contributed by atoms with Gasteiger partial charge < -0.3 is 15.5 Å². The Morgan fingerprint density at radius 3 is 2.69 bits per heavy atom. The Labute approximate surface area is 158 Å². The summed E-state index contributed by atoms with van der Waals surface area (Å²) in [7, 11) is 0. The third-order valence-electron chi connectivity index (χ3n) is 4.82. The minimum Gasteiger partial charge on any atom is -0.339 e. The summed E-state index contributed by atoms with van der Waals surface area (Å²) in [5, 5.41) is 7.36. The van der Waals surface area contributed by atoms with Crippen molar-refractivity contribution in [2.24, 2.45) is 5.41 Å². The maximum atomic E-state index is 13.2. The first kappa shape index (κ1) is 18.9. The van der Waals surface area contributed by atoms with Gasteiger partial charge in [0.05, 0.1) is 4.88 Å². The molecule has 1 aliphatic heterocycles. The van der Waals surface area contributed by atoms with E-state index in [0.29, 0.717) is 11.4 Å². The van der Waals surface area contributed by atoms with E-state index in [9.17, 15) is 9.59 Å². The van der Waals surface area contributed by atoms with Crippen LogP contribution in [0.3, 0.4) is 0 Å². The van der Waals surface area contributed by atoms with Crippen molar-refractivity contribution in [3.8, 4) is 0 Å². The van der Waals surface area contributed by atoms with Gasteiger partial charge in [0.1, 0.15) is 6.04 Å². The highest BCUT2D eigenvalue weighted by atomic mass is 32.1. The molecule has 2 N–H and O–H groups in total. The standard InChI is InChI=1S/C20H27N3O2S/c1-13-12-21-9-10-23(13)19(25)17(20(2,3)4)22-18(24)16-11-14-7-5-6-8-15(14)26-16/h5-8,11,13,17,21H,9-10,12H2,1-4H3,(H,22,24). The largest absolute Gasteiger partial charge is 0.339 e. The molecule has 26 heavy (non-hydrogen) atoms. The number of carbonyl (C=O) groups is 2. The number of thiophene rings is 1. The van der Waals surface area contributed by atoms with Gasteiger partial charge in [-0.3, -0.25) is 9.59 Å². The molecule has 2 amide bonds. The predicted octanol–water partition coefficient (Wildman–Crippen LogP) is 2.87. The van der Waals surface area contributed by atoms with Gasteiger partial charge in [-0.05, 0) is 29.9 Å². The maximum Gasteiger partial charge on any atom is 0.262 e. The Balaban J connectivity index is 1.81. The van der Waals surface area contributed by atoms with E-state index in [1.165, 1.54) is 11.3 Å². The van der Waals surface area contributed by atoms with Gasteiger partial charge in [0.2, 0.25) is 5.91 Å². The third kappa shape index (κ3) is 3.91. The van der Waals surface area contributed by atoms with E-state index in [0.717, 1.165) is 23.2 Å². The minimum absolute atomic E-state index is 0.000890. The molecule has 1 fully saturated rings. The van der Waals surface area contributed by atoms with Gasteiger partial charge in [0.25, 0.3) is 5.91 Å². The van der Waals surface area contributed by atoms with E-state index in [4.69, 9.17) is 0 Å². The summed E-state index contributed by atoms with van der Waals surface area (Å²) in [5.74, 6) is -0.178. The number of piperazine rings is 1. The number of carbonyl (C=O) groups excluding carboxylic acids is 2. The van der Waals surface area contributed by atoms with Crippen molar-refractivity contribution in [3.63, 3.8) is 0 Å². The van der Waals surface area contributed by atoms with Crippen molar-refractivity contribution >= 4 is 33.2 Å². The van der Waals surface area contributed by atoms with Gasteiger partial charge >= 0.3 is 0 Å². The molecule has 2 unspecified atom stereocenters. The number of amides is 2. The molecule has 2 atom stereocenters. The molecule has 6 heteroatoms. The van der Waals surface area contributed by atoms with E-state index < -0.39 is 6.04 Å². The topological polar surface area (TPSA) is 61.4 Å². The normalized spacial score (nSPS) is 19.4. The van der Waals surface area contributed by atoms with E-state index in [2.05, 4.69) is 10.6 Å². The van der Waals surface area contributed by atoms with Crippen LogP contribution in [-0.4, -0.2) is 48.4 Å². The number of hydrogen-bond donors (Lipinski definition) is 2. The molecule has 140 valence electrons. The second kappa shape index (κ2) is 7.37. The molecular formula is C20H27N3O2S. The number of fused-ring (bicyclic) bond motifs is 1. The predicted molar refractivity (Wildman–Crippen MR) is 107 cm³/mol. The number of rotatable bonds is 3. The zero-order valence-electron chi connectivity index (χ0n) is 15.8. The minimum atomic E-state index is -0.555. The van der Waals surface area contributed by atoms with E-state index >= 15 is 0 Å². The van der Waals surface area contributed by atoms with Gasteiger partial charge in [-0.1, -0.05) is 39.0 Å². The molecule has 3 rings (SSSR count). The summed E-state index contributed by atoms with van der Waals surface area (Å²) in [6.07, 6.45) is 0. The van der Waals surface area contributed by atoms with Crippen molar-refractivity contribution < 1.29 is 9.59 Å². The lowest BCUT2D eigenvalue weighted by Gasteiger charge is -2.40.